The van der Waals surface area contributed by atoms with Gasteiger partial charge in [0.15, 0.2) is 0 Å². The van der Waals surface area contributed by atoms with E-state index in [0.717, 1.165) is 17.0 Å². The van der Waals surface area contributed by atoms with Gasteiger partial charge in [-0.15, -0.1) is 0 Å². The highest BCUT2D eigenvalue weighted by atomic mass is 16.5. The maximum absolute atomic E-state index is 11.0. The topological polar surface area (TPSA) is 64.3 Å². The maximum atomic E-state index is 11.0. The highest BCUT2D eigenvalue weighted by molar-refractivity contribution is 5.93. The van der Waals surface area contributed by atoms with Gasteiger partial charge in [-0.25, -0.2) is 0 Å². The Hall–Kier alpha value is -2.49. The van der Waals surface area contributed by atoms with Crippen molar-refractivity contribution in [1.29, 1.82) is 0 Å². The van der Waals surface area contributed by atoms with Crippen LogP contribution in [0.4, 0.5) is 5.69 Å². The van der Waals surface area contributed by atoms with Crippen LogP contribution in [0.5, 0.6) is 5.75 Å². The zero-order chi connectivity index (χ0) is 14.5. The molecule has 4 heteroatoms. The number of carbonyl (C=O) groups excluding carboxylic acids is 1. The van der Waals surface area contributed by atoms with Crippen LogP contribution in [0.3, 0.4) is 0 Å². The minimum Gasteiger partial charge on any atom is -0.497 e. The molecule has 0 heterocycles. The third-order valence-corrected chi connectivity index (χ3v) is 3.15. The van der Waals surface area contributed by atoms with Crippen molar-refractivity contribution >= 4 is 11.6 Å². The zero-order valence-corrected chi connectivity index (χ0v) is 11.6. The van der Waals surface area contributed by atoms with Gasteiger partial charge in [0.05, 0.1) is 7.11 Å². The number of methoxy groups -OCH3 is 1. The maximum Gasteiger partial charge on any atom is 0.248 e. The van der Waals surface area contributed by atoms with Crippen molar-refractivity contribution in [2.45, 2.75) is 13.0 Å². The molecule has 0 aliphatic rings. The van der Waals surface area contributed by atoms with E-state index in [2.05, 4.69) is 12.2 Å². The molecular weight excluding hydrogens is 252 g/mol. The van der Waals surface area contributed by atoms with Gasteiger partial charge in [0, 0.05) is 17.3 Å². The summed E-state index contributed by atoms with van der Waals surface area (Å²) in [6.07, 6.45) is 0. The Morgan fingerprint density at radius 3 is 2.50 bits per heavy atom. The van der Waals surface area contributed by atoms with E-state index in [9.17, 15) is 4.79 Å². The summed E-state index contributed by atoms with van der Waals surface area (Å²) >= 11 is 0. The Morgan fingerprint density at radius 2 is 1.90 bits per heavy atom. The molecule has 2 aromatic carbocycles. The van der Waals surface area contributed by atoms with Crippen LogP contribution in [0, 0.1) is 0 Å². The second-order valence-electron chi connectivity index (χ2n) is 4.58. The summed E-state index contributed by atoms with van der Waals surface area (Å²) in [5, 5.41) is 3.37. The van der Waals surface area contributed by atoms with Gasteiger partial charge >= 0.3 is 0 Å². The monoisotopic (exact) mass is 270 g/mol. The SMILES string of the molecule is COc1cccc(C(C)Nc2ccc(C(N)=O)cc2)c1. The Kier molecular flexibility index (Phi) is 4.25. The number of hydrogen-bond donors (Lipinski definition) is 2. The van der Waals surface area contributed by atoms with E-state index in [1.807, 2.05) is 36.4 Å². The van der Waals surface area contributed by atoms with Crippen molar-refractivity contribution in [1.82, 2.24) is 0 Å². The molecule has 4 nitrogen and oxygen atoms in total. The molecule has 20 heavy (non-hydrogen) atoms. The number of primary amides is 1. The van der Waals surface area contributed by atoms with Crippen LogP contribution in [-0.2, 0) is 0 Å². The minimum absolute atomic E-state index is 0.129. The molecule has 0 aliphatic carbocycles. The summed E-state index contributed by atoms with van der Waals surface area (Å²) in [4.78, 5) is 11.0. The van der Waals surface area contributed by atoms with Gasteiger partial charge in [0.2, 0.25) is 5.91 Å². The lowest BCUT2D eigenvalue weighted by atomic mass is 10.1. The molecule has 0 saturated heterocycles. The highest BCUT2D eigenvalue weighted by Gasteiger charge is 2.07. The molecule has 0 aromatic heterocycles. The lowest BCUT2D eigenvalue weighted by molar-refractivity contribution is 0.100. The first-order chi connectivity index (χ1) is 9.60. The van der Waals surface area contributed by atoms with E-state index < -0.39 is 5.91 Å². The van der Waals surface area contributed by atoms with Crippen LogP contribution in [0.2, 0.25) is 0 Å². The van der Waals surface area contributed by atoms with Gasteiger partial charge in [-0.1, -0.05) is 12.1 Å². The normalized spacial score (nSPS) is 11.7. The lowest BCUT2D eigenvalue weighted by Crippen LogP contribution is -2.11. The predicted molar refractivity (Wildman–Crippen MR) is 80.0 cm³/mol. The summed E-state index contributed by atoms with van der Waals surface area (Å²) in [5.74, 6) is 0.414. The number of amides is 1. The fourth-order valence-electron chi connectivity index (χ4n) is 1.97. The zero-order valence-electron chi connectivity index (χ0n) is 11.6. The van der Waals surface area contributed by atoms with Crippen molar-refractivity contribution in [2.24, 2.45) is 5.73 Å². The molecule has 0 fully saturated rings. The molecule has 2 rings (SSSR count). The van der Waals surface area contributed by atoms with Gasteiger partial charge in [0.1, 0.15) is 5.75 Å². The molecule has 3 N–H and O–H groups in total. The summed E-state index contributed by atoms with van der Waals surface area (Å²) < 4.78 is 5.22. The van der Waals surface area contributed by atoms with Crippen molar-refractivity contribution in [3.05, 3.63) is 59.7 Å². The number of anilines is 1. The van der Waals surface area contributed by atoms with Crippen LogP contribution < -0.4 is 15.8 Å². The number of nitrogens with one attached hydrogen (secondary N) is 1. The Labute approximate surface area is 118 Å². The molecular formula is C16H18N2O2. The fourth-order valence-corrected chi connectivity index (χ4v) is 1.97. The summed E-state index contributed by atoms with van der Waals surface area (Å²) in [6.45, 7) is 2.07. The van der Waals surface area contributed by atoms with Gasteiger partial charge in [-0.05, 0) is 48.9 Å². The van der Waals surface area contributed by atoms with Crippen molar-refractivity contribution < 1.29 is 9.53 Å². The average Bonchev–Trinajstić information content (AvgIpc) is 2.47. The third kappa shape index (κ3) is 3.29. The standard InChI is InChI=1S/C16H18N2O2/c1-11(13-4-3-5-15(10-13)20-2)18-14-8-6-12(7-9-14)16(17)19/h3-11,18H,1-2H3,(H2,17,19). The quantitative estimate of drug-likeness (QED) is 0.878. The van der Waals surface area contributed by atoms with Crippen LogP contribution in [0.25, 0.3) is 0 Å². The number of nitrogens with two attached hydrogens (primary N) is 1. The van der Waals surface area contributed by atoms with Crippen LogP contribution >= 0.6 is 0 Å². The number of benzene rings is 2. The van der Waals surface area contributed by atoms with E-state index >= 15 is 0 Å². The second-order valence-corrected chi connectivity index (χ2v) is 4.58. The molecule has 1 atom stereocenters. The van der Waals surface area contributed by atoms with Gasteiger partial charge < -0.3 is 15.8 Å². The Morgan fingerprint density at radius 1 is 1.20 bits per heavy atom. The number of ether oxygens (including phenoxy) is 1. The van der Waals surface area contributed by atoms with E-state index in [1.165, 1.54) is 0 Å². The first-order valence-corrected chi connectivity index (χ1v) is 6.40. The average molecular weight is 270 g/mol. The lowest BCUT2D eigenvalue weighted by Gasteiger charge is -2.16. The first-order valence-electron chi connectivity index (χ1n) is 6.40. The van der Waals surface area contributed by atoms with Crippen molar-refractivity contribution in [3.63, 3.8) is 0 Å². The predicted octanol–water partition coefficient (Wildman–Crippen LogP) is 2.97. The molecule has 104 valence electrons. The van der Waals surface area contributed by atoms with Gasteiger partial charge in [0.25, 0.3) is 0 Å². The molecule has 0 aliphatic heterocycles. The van der Waals surface area contributed by atoms with Crippen molar-refractivity contribution in [2.75, 3.05) is 12.4 Å². The van der Waals surface area contributed by atoms with Crippen LogP contribution in [0.1, 0.15) is 28.9 Å². The van der Waals surface area contributed by atoms with E-state index in [4.69, 9.17) is 10.5 Å². The molecule has 1 amide bonds. The summed E-state index contributed by atoms with van der Waals surface area (Å²) in [7, 11) is 1.65. The molecule has 0 radical (unpaired) electrons. The second kappa shape index (κ2) is 6.10. The fraction of sp³-hybridized carbons (Fsp3) is 0.188. The van der Waals surface area contributed by atoms with Crippen LogP contribution in [-0.4, -0.2) is 13.0 Å². The number of carbonyl (C=O) groups is 1. The molecule has 2 aromatic rings. The summed E-state index contributed by atoms with van der Waals surface area (Å²) in [5.41, 5.74) is 7.78. The third-order valence-electron chi connectivity index (χ3n) is 3.15. The number of rotatable bonds is 5. The first kappa shape index (κ1) is 13.9. The minimum atomic E-state index is -0.419. The van der Waals surface area contributed by atoms with E-state index in [1.54, 1.807) is 19.2 Å². The number of hydrogen-bond acceptors (Lipinski definition) is 3. The molecule has 0 saturated carbocycles. The van der Waals surface area contributed by atoms with E-state index in [-0.39, 0.29) is 6.04 Å². The molecule has 1 unspecified atom stereocenters. The summed E-state index contributed by atoms with van der Waals surface area (Å²) in [6, 6.07) is 15.2. The largest absolute Gasteiger partial charge is 0.497 e. The van der Waals surface area contributed by atoms with Gasteiger partial charge in [-0.2, -0.15) is 0 Å². The smallest absolute Gasteiger partial charge is 0.248 e. The molecule has 0 spiro atoms. The Balaban J connectivity index is 2.10. The van der Waals surface area contributed by atoms with Crippen LogP contribution in [0.15, 0.2) is 48.5 Å². The molecule has 0 bridgehead atoms. The Bertz CT molecular complexity index is 594. The van der Waals surface area contributed by atoms with E-state index in [0.29, 0.717) is 5.56 Å². The highest BCUT2D eigenvalue weighted by Crippen LogP contribution is 2.22. The van der Waals surface area contributed by atoms with Crippen molar-refractivity contribution in [3.8, 4) is 5.75 Å². The van der Waals surface area contributed by atoms with Gasteiger partial charge in [-0.3, -0.25) is 4.79 Å².